The lowest BCUT2D eigenvalue weighted by molar-refractivity contribution is -0.139. The van der Waals surface area contributed by atoms with Crippen molar-refractivity contribution in [2.75, 3.05) is 51.0 Å². The SMILES string of the molecule is CCCCNC(=O)C(=O)NCC(c1ccc2c(c1)OCO2)N1CCN(c2ccc(F)cc2)CC1. The normalized spacial score (nSPS) is 16.2. The summed E-state index contributed by atoms with van der Waals surface area (Å²) in [5, 5.41) is 5.46. The molecule has 2 aliphatic rings. The number of benzene rings is 2. The van der Waals surface area contributed by atoms with E-state index in [0.29, 0.717) is 18.0 Å². The zero-order valence-electron chi connectivity index (χ0n) is 19.4. The topological polar surface area (TPSA) is 83.1 Å². The van der Waals surface area contributed by atoms with Crippen LogP contribution in [-0.4, -0.2) is 62.8 Å². The minimum Gasteiger partial charge on any atom is -0.454 e. The van der Waals surface area contributed by atoms with Crippen LogP contribution < -0.4 is 25.0 Å². The molecule has 1 fully saturated rings. The maximum atomic E-state index is 13.3. The Hall–Kier alpha value is -3.33. The Morgan fingerprint density at radius 3 is 2.41 bits per heavy atom. The van der Waals surface area contributed by atoms with Crippen LogP contribution in [0.4, 0.5) is 10.1 Å². The number of nitrogens with zero attached hydrogens (tertiary/aromatic N) is 2. The summed E-state index contributed by atoms with van der Waals surface area (Å²) in [5.74, 6) is -0.121. The maximum Gasteiger partial charge on any atom is 0.309 e. The number of fused-ring (bicyclic) bond motifs is 1. The number of ether oxygens (including phenoxy) is 2. The van der Waals surface area contributed by atoms with Crippen molar-refractivity contribution in [3.63, 3.8) is 0 Å². The van der Waals surface area contributed by atoms with E-state index in [2.05, 4.69) is 20.4 Å². The predicted octanol–water partition coefficient (Wildman–Crippen LogP) is 2.45. The summed E-state index contributed by atoms with van der Waals surface area (Å²) in [6, 6.07) is 12.2. The molecule has 1 unspecified atom stereocenters. The summed E-state index contributed by atoms with van der Waals surface area (Å²) in [4.78, 5) is 29.0. The summed E-state index contributed by atoms with van der Waals surface area (Å²) in [5.41, 5.74) is 1.96. The highest BCUT2D eigenvalue weighted by atomic mass is 19.1. The van der Waals surface area contributed by atoms with Gasteiger partial charge in [0.15, 0.2) is 11.5 Å². The van der Waals surface area contributed by atoms with Crippen LogP contribution in [-0.2, 0) is 9.59 Å². The number of carbonyl (C=O) groups is 2. The van der Waals surface area contributed by atoms with Crippen LogP contribution in [0.2, 0.25) is 0 Å². The largest absolute Gasteiger partial charge is 0.454 e. The molecule has 0 radical (unpaired) electrons. The Kier molecular flexibility index (Phi) is 7.84. The number of anilines is 1. The van der Waals surface area contributed by atoms with Crippen LogP contribution in [0.15, 0.2) is 42.5 Å². The van der Waals surface area contributed by atoms with Gasteiger partial charge in [-0.15, -0.1) is 0 Å². The van der Waals surface area contributed by atoms with Gasteiger partial charge in [0.2, 0.25) is 6.79 Å². The van der Waals surface area contributed by atoms with Crippen LogP contribution in [0.1, 0.15) is 31.4 Å². The molecule has 0 saturated carbocycles. The third-order valence-electron chi connectivity index (χ3n) is 6.21. The van der Waals surface area contributed by atoms with E-state index in [1.165, 1.54) is 12.1 Å². The molecule has 4 rings (SSSR count). The van der Waals surface area contributed by atoms with Gasteiger partial charge in [-0.1, -0.05) is 19.4 Å². The lowest BCUT2D eigenvalue weighted by Crippen LogP contribution is -2.51. The summed E-state index contributed by atoms with van der Waals surface area (Å²) in [6.45, 7) is 6.00. The minimum absolute atomic E-state index is 0.141. The first-order valence-electron chi connectivity index (χ1n) is 11.8. The lowest BCUT2D eigenvalue weighted by atomic mass is 10.0. The second-order valence-electron chi connectivity index (χ2n) is 8.45. The molecule has 2 N–H and O–H groups in total. The van der Waals surface area contributed by atoms with E-state index in [4.69, 9.17) is 9.47 Å². The molecule has 1 atom stereocenters. The standard InChI is InChI=1S/C25H31FN4O4/c1-2-3-10-27-24(31)25(32)28-16-21(18-4-9-22-23(15-18)34-17-33-22)30-13-11-29(12-14-30)20-7-5-19(26)6-8-20/h4-9,15,21H,2-3,10-14,16-17H2,1H3,(H,27,31)(H,28,32). The highest BCUT2D eigenvalue weighted by molar-refractivity contribution is 6.35. The molecular weight excluding hydrogens is 439 g/mol. The van der Waals surface area contributed by atoms with Gasteiger partial charge in [0.05, 0.1) is 6.04 Å². The molecule has 2 aromatic carbocycles. The summed E-state index contributed by atoms with van der Waals surface area (Å²) < 4.78 is 24.3. The number of unbranched alkanes of at least 4 members (excludes halogenated alkanes) is 1. The molecule has 182 valence electrons. The molecule has 2 aliphatic heterocycles. The minimum atomic E-state index is -0.633. The Labute approximate surface area is 199 Å². The molecule has 0 bridgehead atoms. The number of carbonyl (C=O) groups excluding carboxylic acids is 2. The van der Waals surface area contributed by atoms with Gasteiger partial charge in [-0.25, -0.2) is 4.39 Å². The monoisotopic (exact) mass is 470 g/mol. The van der Waals surface area contributed by atoms with Crippen molar-refractivity contribution in [1.82, 2.24) is 15.5 Å². The number of amides is 2. The van der Waals surface area contributed by atoms with Gasteiger partial charge in [-0.2, -0.15) is 0 Å². The smallest absolute Gasteiger partial charge is 0.309 e. The summed E-state index contributed by atoms with van der Waals surface area (Å²) >= 11 is 0. The lowest BCUT2D eigenvalue weighted by Gasteiger charge is -2.40. The van der Waals surface area contributed by atoms with E-state index in [0.717, 1.165) is 50.3 Å². The van der Waals surface area contributed by atoms with E-state index in [-0.39, 0.29) is 25.2 Å². The van der Waals surface area contributed by atoms with Crippen molar-refractivity contribution in [3.8, 4) is 11.5 Å². The van der Waals surface area contributed by atoms with Gasteiger partial charge >= 0.3 is 11.8 Å². The molecule has 0 aromatic heterocycles. The predicted molar refractivity (Wildman–Crippen MR) is 126 cm³/mol. The highest BCUT2D eigenvalue weighted by Gasteiger charge is 2.28. The average Bonchev–Trinajstić information content (AvgIpc) is 3.33. The van der Waals surface area contributed by atoms with Crippen LogP contribution >= 0.6 is 0 Å². The number of nitrogens with one attached hydrogen (secondary N) is 2. The second-order valence-corrected chi connectivity index (χ2v) is 8.45. The van der Waals surface area contributed by atoms with Crippen molar-refractivity contribution < 1.29 is 23.5 Å². The van der Waals surface area contributed by atoms with Gasteiger partial charge in [-0.3, -0.25) is 14.5 Å². The number of piperazine rings is 1. The van der Waals surface area contributed by atoms with E-state index in [1.807, 2.05) is 25.1 Å². The highest BCUT2D eigenvalue weighted by Crippen LogP contribution is 2.35. The zero-order valence-corrected chi connectivity index (χ0v) is 19.4. The quantitative estimate of drug-likeness (QED) is 0.456. The number of rotatable bonds is 8. The molecule has 2 aromatic rings. The Bertz CT molecular complexity index is 993. The van der Waals surface area contributed by atoms with Crippen LogP contribution in [0.3, 0.4) is 0 Å². The van der Waals surface area contributed by atoms with Crippen LogP contribution in [0, 0.1) is 5.82 Å². The summed E-state index contributed by atoms with van der Waals surface area (Å²) in [6.07, 6.45) is 1.77. The number of hydrogen-bond acceptors (Lipinski definition) is 6. The van der Waals surface area contributed by atoms with Crippen molar-refractivity contribution in [1.29, 1.82) is 0 Å². The molecule has 1 saturated heterocycles. The fourth-order valence-electron chi connectivity index (χ4n) is 4.25. The third-order valence-corrected chi connectivity index (χ3v) is 6.21. The van der Waals surface area contributed by atoms with Gasteiger partial charge in [0.1, 0.15) is 5.82 Å². The van der Waals surface area contributed by atoms with E-state index in [1.54, 1.807) is 12.1 Å². The second kappa shape index (κ2) is 11.2. The van der Waals surface area contributed by atoms with Gasteiger partial charge in [0.25, 0.3) is 0 Å². The Morgan fingerprint density at radius 1 is 0.971 bits per heavy atom. The van der Waals surface area contributed by atoms with Crippen LogP contribution in [0.25, 0.3) is 0 Å². The van der Waals surface area contributed by atoms with Crippen molar-refractivity contribution >= 4 is 17.5 Å². The first-order chi connectivity index (χ1) is 16.5. The molecule has 2 heterocycles. The zero-order chi connectivity index (χ0) is 23.9. The molecule has 9 heteroatoms. The van der Waals surface area contributed by atoms with Gasteiger partial charge in [0, 0.05) is 45.0 Å². The van der Waals surface area contributed by atoms with E-state index >= 15 is 0 Å². The average molecular weight is 471 g/mol. The van der Waals surface area contributed by atoms with E-state index < -0.39 is 11.8 Å². The van der Waals surface area contributed by atoms with Gasteiger partial charge in [-0.05, 0) is 48.4 Å². The molecular formula is C25H31FN4O4. The number of halogens is 1. The Morgan fingerprint density at radius 2 is 1.68 bits per heavy atom. The maximum absolute atomic E-state index is 13.3. The van der Waals surface area contributed by atoms with Crippen LogP contribution in [0.5, 0.6) is 11.5 Å². The van der Waals surface area contributed by atoms with Gasteiger partial charge < -0.3 is 25.0 Å². The molecule has 0 spiro atoms. The molecule has 2 amide bonds. The molecule has 0 aliphatic carbocycles. The van der Waals surface area contributed by atoms with Crippen molar-refractivity contribution in [2.24, 2.45) is 0 Å². The number of hydrogen-bond donors (Lipinski definition) is 2. The Balaban J connectivity index is 1.43. The fraction of sp³-hybridized carbons (Fsp3) is 0.440. The van der Waals surface area contributed by atoms with E-state index in [9.17, 15) is 14.0 Å². The first kappa shape index (κ1) is 23.8. The van der Waals surface area contributed by atoms with Crippen molar-refractivity contribution in [2.45, 2.75) is 25.8 Å². The molecule has 8 nitrogen and oxygen atoms in total. The first-order valence-corrected chi connectivity index (χ1v) is 11.8. The fourth-order valence-corrected chi connectivity index (χ4v) is 4.25. The van der Waals surface area contributed by atoms with Crippen molar-refractivity contribution in [3.05, 3.63) is 53.8 Å². The summed E-state index contributed by atoms with van der Waals surface area (Å²) in [7, 11) is 0. The molecule has 34 heavy (non-hydrogen) atoms. The third kappa shape index (κ3) is 5.77.